The minimum Gasteiger partial charge on any atom is -0.318 e. The molecule has 116 valence electrons. The van der Waals surface area contributed by atoms with Crippen LogP contribution in [0.3, 0.4) is 0 Å². The molecule has 3 heteroatoms. The standard InChI is InChI=1S/C20H19ClN2/c1-14-12-17(13-22-20-11-7-10-19(21)15(20)2)16(3)23(14)18-8-5-4-6-9-18/h4-13H,1-3H3. The van der Waals surface area contributed by atoms with E-state index in [1.165, 1.54) is 17.1 Å². The van der Waals surface area contributed by atoms with Crippen molar-refractivity contribution in [1.82, 2.24) is 4.57 Å². The molecule has 0 aliphatic carbocycles. The van der Waals surface area contributed by atoms with Crippen LogP contribution in [0.2, 0.25) is 5.02 Å². The average molecular weight is 323 g/mol. The molecule has 0 bridgehead atoms. The minimum absolute atomic E-state index is 0.745. The molecule has 0 amide bonds. The van der Waals surface area contributed by atoms with Gasteiger partial charge < -0.3 is 4.57 Å². The normalized spacial score (nSPS) is 11.3. The Balaban J connectivity index is 1.99. The Morgan fingerprint density at radius 1 is 0.957 bits per heavy atom. The van der Waals surface area contributed by atoms with Crippen molar-refractivity contribution in [2.75, 3.05) is 0 Å². The highest BCUT2D eigenvalue weighted by Gasteiger charge is 2.09. The fourth-order valence-electron chi connectivity index (χ4n) is 2.77. The van der Waals surface area contributed by atoms with Crippen molar-refractivity contribution in [2.24, 2.45) is 4.99 Å². The summed E-state index contributed by atoms with van der Waals surface area (Å²) in [5.74, 6) is 0. The molecular formula is C20H19ClN2. The van der Waals surface area contributed by atoms with Gasteiger partial charge in [0.05, 0.1) is 5.69 Å². The van der Waals surface area contributed by atoms with Gasteiger partial charge in [0.2, 0.25) is 0 Å². The molecule has 0 fully saturated rings. The van der Waals surface area contributed by atoms with Gasteiger partial charge in [0.25, 0.3) is 0 Å². The Morgan fingerprint density at radius 3 is 2.43 bits per heavy atom. The summed E-state index contributed by atoms with van der Waals surface area (Å²) < 4.78 is 2.24. The molecule has 0 radical (unpaired) electrons. The summed E-state index contributed by atoms with van der Waals surface area (Å²) >= 11 is 6.16. The summed E-state index contributed by atoms with van der Waals surface area (Å²) in [5.41, 5.74) is 6.56. The monoisotopic (exact) mass is 322 g/mol. The zero-order chi connectivity index (χ0) is 16.4. The summed E-state index contributed by atoms with van der Waals surface area (Å²) in [5, 5.41) is 0.745. The number of halogens is 1. The van der Waals surface area contributed by atoms with Crippen molar-refractivity contribution < 1.29 is 0 Å². The van der Waals surface area contributed by atoms with Crippen LogP contribution in [0.15, 0.2) is 59.6 Å². The van der Waals surface area contributed by atoms with E-state index < -0.39 is 0 Å². The maximum absolute atomic E-state index is 6.16. The van der Waals surface area contributed by atoms with Crippen molar-refractivity contribution in [3.05, 3.63) is 82.1 Å². The molecule has 2 nitrogen and oxygen atoms in total. The molecule has 23 heavy (non-hydrogen) atoms. The lowest BCUT2D eigenvalue weighted by Gasteiger charge is -2.09. The highest BCUT2D eigenvalue weighted by atomic mass is 35.5. The molecule has 0 spiro atoms. The first-order valence-corrected chi connectivity index (χ1v) is 7.99. The van der Waals surface area contributed by atoms with Crippen LogP contribution in [0.25, 0.3) is 5.69 Å². The van der Waals surface area contributed by atoms with Crippen molar-refractivity contribution in [1.29, 1.82) is 0 Å². The zero-order valence-electron chi connectivity index (χ0n) is 13.5. The minimum atomic E-state index is 0.745. The summed E-state index contributed by atoms with van der Waals surface area (Å²) in [6, 6.07) is 18.3. The molecule has 1 aromatic heterocycles. The van der Waals surface area contributed by atoms with Crippen LogP contribution in [0.5, 0.6) is 0 Å². The SMILES string of the molecule is Cc1c(Cl)cccc1N=Cc1cc(C)n(-c2ccccc2)c1C. The fraction of sp³-hybridized carbons (Fsp3) is 0.150. The molecule has 0 atom stereocenters. The third-order valence-corrected chi connectivity index (χ3v) is 4.48. The first-order chi connectivity index (χ1) is 11.1. The van der Waals surface area contributed by atoms with Gasteiger partial charge >= 0.3 is 0 Å². The van der Waals surface area contributed by atoms with E-state index in [0.29, 0.717) is 0 Å². The summed E-state index contributed by atoms with van der Waals surface area (Å²) in [4.78, 5) is 4.62. The Kier molecular flexibility index (Phi) is 4.35. The number of aryl methyl sites for hydroxylation is 1. The maximum atomic E-state index is 6.16. The molecular weight excluding hydrogens is 304 g/mol. The Morgan fingerprint density at radius 2 is 1.70 bits per heavy atom. The van der Waals surface area contributed by atoms with E-state index in [4.69, 9.17) is 11.6 Å². The molecule has 3 rings (SSSR count). The predicted octanol–water partition coefficient (Wildman–Crippen LogP) is 5.81. The van der Waals surface area contributed by atoms with Gasteiger partial charge in [-0.15, -0.1) is 0 Å². The lowest BCUT2D eigenvalue weighted by atomic mass is 10.2. The number of nitrogens with zero attached hydrogens (tertiary/aromatic N) is 2. The lowest BCUT2D eigenvalue weighted by molar-refractivity contribution is 0.965. The number of benzene rings is 2. The van der Waals surface area contributed by atoms with E-state index in [0.717, 1.165) is 21.8 Å². The summed E-state index contributed by atoms with van der Waals surface area (Å²) in [6.45, 7) is 6.22. The maximum Gasteiger partial charge on any atom is 0.0673 e. The van der Waals surface area contributed by atoms with Gasteiger partial charge in [0, 0.05) is 33.9 Å². The quantitative estimate of drug-likeness (QED) is 0.542. The topological polar surface area (TPSA) is 17.3 Å². The van der Waals surface area contributed by atoms with E-state index in [9.17, 15) is 0 Å². The van der Waals surface area contributed by atoms with Crippen LogP contribution >= 0.6 is 11.6 Å². The molecule has 1 heterocycles. The van der Waals surface area contributed by atoms with Gasteiger partial charge in [-0.2, -0.15) is 0 Å². The second-order valence-corrected chi connectivity index (χ2v) is 6.05. The molecule has 3 aromatic rings. The second kappa shape index (κ2) is 6.43. The third kappa shape index (κ3) is 3.08. The molecule has 0 aliphatic rings. The van der Waals surface area contributed by atoms with E-state index in [1.807, 2.05) is 37.4 Å². The zero-order valence-corrected chi connectivity index (χ0v) is 14.3. The van der Waals surface area contributed by atoms with Crippen LogP contribution < -0.4 is 0 Å². The van der Waals surface area contributed by atoms with Crippen molar-refractivity contribution >= 4 is 23.5 Å². The number of rotatable bonds is 3. The third-order valence-electron chi connectivity index (χ3n) is 4.07. The van der Waals surface area contributed by atoms with Crippen LogP contribution in [0.4, 0.5) is 5.69 Å². The highest BCUT2D eigenvalue weighted by Crippen LogP contribution is 2.26. The van der Waals surface area contributed by atoms with Gasteiger partial charge in [-0.1, -0.05) is 35.9 Å². The number of hydrogen-bond donors (Lipinski definition) is 0. The van der Waals surface area contributed by atoms with Gasteiger partial charge in [-0.05, 0) is 56.7 Å². The van der Waals surface area contributed by atoms with Crippen LogP contribution in [-0.2, 0) is 0 Å². The van der Waals surface area contributed by atoms with Crippen LogP contribution in [0, 0.1) is 20.8 Å². The van der Waals surface area contributed by atoms with Crippen molar-refractivity contribution in [3.63, 3.8) is 0 Å². The number of aromatic nitrogens is 1. The van der Waals surface area contributed by atoms with E-state index >= 15 is 0 Å². The smallest absolute Gasteiger partial charge is 0.0673 e. The Labute approximate surface area is 142 Å². The molecule has 0 saturated carbocycles. The summed E-state index contributed by atoms with van der Waals surface area (Å²) in [6.07, 6.45) is 1.92. The first kappa shape index (κ1) is 15.6. The van der Waals surface area contributed by atoms with Gasteiger partial charge in [0.15, 0.2) is 0 Å². The molecule has 0 unspecified atom stereocenters. The molecule has 0 N–H and O–H groups in total. The van der Waals surface area contributed by atoms with Crippen LogP contribution in [0.1, 0.15) is 22.5 Å². The van der Waals surface area contributed by atoms with E-state index in [1.54, 1.807) is 0 Å². The molecule has 0 aliphatic heterocycles. The Hall–Kier alpha value is -2.32. The highest BCUT2D eigenvalue weighted by molar-refractivity contribution is 6.31. The lowest BCUT2D eigenvalue weighted by Crippen LogP contribution is -1.99. The predicted molar refractivity (Wildman–Crippen MR) is 98.7 cm³/mol. The number of aliphatic imine (C=N–C) groups is 1. The van der Waals surface area contributed by atoms with Gasteiger partial charge in [-0.3, -0.25) is 4.99 Å². The van der Waals surface area contributed by atoms with Gasteiger partial charge in [0.1, 0.15) is 0 Å². The fourth-order valence-corrected chi connectivity index (χ4v) is 2.94. The number of para-hydroxylation sites is 1. The van der Waals surface area contributed by atoms with Crippen molar-refractivity contribution in [3.8, 4) is 5.69 Å². The van der Waals surface area contributed by atoms with E-state index in [2.05, 4.69) is 53.7 Å². The van der Waals surface area contributed by atoms with Crippen molar-refractivity contribution in [2.45, 2.75) is 20.8 Å². The first-order valence-electron chi connectivity index (χ1n) is 7.61. The molecule has 0 saturated heterocycles. The average Bonchev–Trinajstić information content (AvgIpc) is 2.84. The number of hydrogen-bond acceptors (Lipinski definition) is 1. The Bertz CT molecular complexity index is 861. The van der Waals surface area contributed by atoms with Gasteiger partial charge in [-0.25, -0.2) is 0 Å². The van der Waals surface area contributed by atoms with Crippen LogP contribution in [-0.4, -0.2) is 10.8 Å². The summed E-state index contributed by atoms with van der Waals surface area (Å²) in [7, 11) is 0. The van der Waals surface area contributed by atoms with E-state index in [-0.39, 0.29) is 0 Å². The second-order valence-electron chi connectivity index (χ2n) is 5.64. The largest absolute Gasteiger partial charge is 0.318 e. The molecule has 2 aromatic carbocycles.